The van der Waals surface area contributed by atoms with Gasteiger partial charge in [-0.05, 0) is 99.3 Å². The van der Waals surface area contributed by atoms with Crippen LogP contribution in [0.25, 0.3) is 116 Å². The van der Waals surface area contributed by atoms with Gasteiger partial charge in [0.2, 0.25) is 0 Å². The van der Waals surface area contributed by atoms with Crippen LogP contribution in [0, 0.1) is 6.92 Å². The molecule has 0 saturated heterocycles. The summed E-state index contributed by atoms with van der Waals surface area (Å²) in [4.78, 5) is 2.30. The summed E-state index contributed by atoms with van der Waals surface area (Å²) in [5.41, 5.74) is 14.7. The number of aryl methyl sites for hydroxylation is 1. The number of hydrogen-bond donors (Lipinski definition) is 0. The van der Waals surface area contributed by atoms with Gasteiger partial charge in [-0.1, -0.05) is 164 Å². The zero-order chi connectivity index (χ0) is 43.2. The van der Waals surface area contributed by atoms with Crippen LogP contribution in [-0.2, 0) is 0 Å². The molecule has 0 amide bonds. The molecule has 4 heteroatoms. The Labute approximate surface area is 374 Å². The number of rotatable bonds is 7. The number of fused-ring (bicyclic) bond motifs is 13. The van der Waals surface area contributed by atoms with E-state index in [2.05, 4.69) is 213 Å². The average molecular weight is 834 g/mol. The molecule has 3 aromatic heterocycles. The molecule has 13 rings (SSSR count). The van der Waals surface area contributed by atoms with Crippen molar-refractivity contribution in [2.75, 3.05) is 4.90 Å². The highest BCUT2D eigenvalue weighted by Crippen LogP contribution is 2.46. The normalized spacial score (nSPS) is 12.1. The number of anilines is 3. The van der Waals surface area contributed by atoms with Crippen LogP contribution in [0.15, 0.2) is 220 Å². The van der Waals surface area contributed by atoms with Crippen LogP contribution in [-0.4, -0.2) is 0 Å². The lowest BCUT2D eigenvalue weighted by atomic mass is 9.98. The number of para-hydroxylation sites is 3. The number of benzene rings is 10. The molecule has 0 atom stereocenters. The number of allylic oxidation sites excluding steroid dienone is 2. The van der Waals surface area contributed by atoms with Crippen LogP contribution in [0.4, 0.5) is 17.1 Å². The fraction of sp³-hybridized carbons (Fsp3) is 0.0164. The minimum absolute atomic E-state index is 0.830. The maximum atomic E-state index is 6.85. The van der Waals surface area contributed by atoms with Gasteiger partial charge in [-0.15, -0.1) is 0 Å². The molecule has 10 aromatic carbocycles. The van der Waals surface area contributed by atoms with E-state index in [1.165, 1.54) is 27.1 Å². The lowest BCUT2D eigenvalue weighted by Gasteiger charge is -2.26. The van der Waals surface area contributed by atoms with Crippen molar-refractivity contribution in [2.45, 2.75) is 6.92 Å². The molecule has 3 heterocycles. The van der Waals surface area contributed by atoms with E-state index in [1.54, 1.807) is 6.08 Å². The monoisotopic (exact) mass is 833 g/mol. The molecular weight excluding hydrogens is 795 g/mol. The van der Waals surface area contributed by atoms with Crippen molar-refractivity contribution in [2.24, 2.45) is 0 Å². The van der Waals surface area contributed by atoms with Crippen LogP contribution in [0.3, 0.4) is 0 Å². The second-order valence-electron chi connectivity index (χ2n) is 16.8. The predicted octanol–water partition coefficient (Wildman–Crippen LogP) is 18.0. The first kappa shape index (κ1) is 37.0. The molecule has 65 heavy (non-hydrogen) atoms. The van der Waals surface area contributed by atoms with E-state index in [9.17, 15) is 0 Å². The fourth-order valence-corrected chi connectivity index (χ4v) is 10.2. The van der Waals surface area contributed by atoms with Crippen LogP contribution in [0.5, 0.6) is 0 Å². The smallest absolute Gasteiger partial charge is 0.159 e. The lowest BCUT2D eigenvalue weighted by molar-refractivity contribution is 0.669. The second-order valence-corrected chi connectivity index (χ2v) is 16.8. The van der Waals surface area contributed by atoms with Gasteiger partial charge in [0.1, 0.15) is 27.9 Å². The molecule has 4 nitrogen and oxygen atoms in total. The van der Waals surface area contributed by atoms with E-state index in [1.807, 2.05) is 6.08 Å². The Balaban J connectivity index is 0.959. The van der Waals surface area contributed by atoms with Crippen LogP contribution in [0.2, 0.25) is 0 Å². The van der Waals surface area contributed by atoms with Gasteiger partial charge in [0.25, 0.3) is 0 Å². The van der Waals surface area contributed by atoms with E-state index in [0.29, 0.717) is 0 Å². The minimum Gasteiger partial charge on any atom is -0.455 e. The van der Waals surface area contributed by atoms with Crippen molar-refractivity contribution >= 4 is 110 Å². The Hall–Kier alpha value is -8.60. The topological polar surface area (TPSA) is 42.7 Å². The van der Waals surface area contributed by atoms with Gasteiger partial charge in [-0.25, -0.2) is 0 Å². The van der Waals surface area contributed by atoms with E-state index in [0.717, 1.165) is 111 Å². The summed E-state index contributed by atoms with van der Waals surface area (Å²) in [7, 11) is 0. The summed E-state index contributed by atoms with van der Waals surface area (Å²) in [6, 6.07) is 66.6. The van der Waals surface area contributed by atoms with Crippen molar-refractivity contribution in [1.82, 2.24) is 0 Å². The van der Waals surface area contributed by atoms with Crippen LogP contribution in [0.1, 0.15) is 11.1 Å². The molecule has 0 radical (unpaired) electrons. The molecule has 0 unspecified atom stereocenters. The Morgan fingerprint density at radius 1 is 0.415 bits per heavy atom. The maximum absolute atomic E-state index is 6.85. The summed E-state index contributed by atoms with van der Waals surface area (Å²) in [6.07, 6.45) is 5.88. The summed E-state index contributed by atoms with van der Waals surface area (Å²) in [6.45, 7) is 6.02. The summed E-state index contributed by atoms with van der Waals surface area (Å²) in [5.74, 6) is 0. The number of furan rings is 3. The second kappa shape index (κ2) is 14.5. The Kier molecular flexibility index (Phi) is 8.24. The van der Waals surface area contributed by atoms with Crippen LogP contribution < -0.4 is 4.90 Å². The molecule has 306 valence electrons. The zero-order valence-electron chi connectivity index (χ0n) is 35.5. The van der Waals surface area contributed by atoms with E-state index >= 15 is 0 Å². The van der Waals surface area contributed by atoms with Crippen molar-refractivity contribution in [3.8, 4) is 22.3 Å². The highest BCUT2D eigenvalue weighted by Gasteiger charge is 2.22. The molecule has 0 spiro atoms. The van der Waals surface area contributed by atoms with Gasteiger partial charge in [-0.3, -0.25) is 0 Å². The molecular formula is C61H39NO3. The molecule has 0 N–H and O–H groups in total. The molecule has 0 aliphatic carbocycles. The van der Waals surface area contributed by atoms with Gasteiger partial charge in [0, 0.05) is 54.8 Å². The molecule has 0 aliphatic heterocycles. The Morgan fingerprint density at radius 2 is 0.877 bits per heavy atom. The van der Waals surface area contributed by atoms with Crippen molar-refractivity contribution in [3.05, 3.63) is 218 Å². The first-order valence-electron chi connectivity index (χ1n) is 22.0. The van der Waals surface area contributed by atoms with Gasteiger partial charge in [0.05, 0.1) is 5.69 Å². The highest BCUT2D eigenvalue weighted by molar-refractivity contribution is 6.22. The Morgan fingerprint density at radius 3 is 1.45 bits per heavy atom. The Bertz CT molecular complexity index is 4090. The average Bonchev–Trinajstić information content (AvgIpc) is 4.07. The van der Waals surface area contributed by atoms with E-state index in [4.69, 9.17) is 13.3 Å². The summed E-state index contributed by atoms with van der Waals surface area (Å²) < 4.78 is 20.1. The van der Waals surface area contributed by atoms with Crippen LogP contribution >= 0.6 is 0 Å². The highest BCUT2D eigenvalue weighted by atomic mass is 16.3. The first-order valence-corrected chi connectivity index (χ1v) is 22.0. The predicted molar refractivity (Wildman–Crippen MR) is 273 cm³/mol. The molecule has 0 fully saturated rings. The van der Waals surface area contributed by atoms with Gasteiger partial charge in [-0.2, -0.15) is 0 Å². The largest absolute Gasteiger partial charge is 0.455 e. The van der Waals surface area contributed by atoms with Gasteiger partial charge < -0.3 is 18.2 Å². The van der Waals surface area contributed by atoms with E-state index in [-0.39, 0.29) is 0 Å². The standard InChI is InChI=1S/C61H39NO3/c1-3-4-12-38-27-34-53-56(37(38)2)49-19-9-17-47(59(49)63-53)41-23-30-43(31-24-41)62(52-22-11-21-51-58-46-16-8-6-14-40(46)29-36-55(58)65-61(51)52)44-32-25-42(26-33-44)48-18-10-20-50-57-45-15-7-5-13-39(45)28-35-54(57)64-60(48)50/h3-36H,1H2,2H3/b12-4-. The third kappa shape index (κ3) is 5.71. The lowest BCUT2D eigenvalue weighted by Crippen LogP contribution is -2.10. The first-order chi connectivity index (χ1) is 32.1. The number of nitrogens with zero attached hydrogens (tertiary/aromatic N) is 1. The summed E-state index contributed by atoms with van der Waals surface area (Å²) in [5, 5.41) is 11.5. The third-order valence-electron chi connectivity index (χ3n) is 13.2. The van der Waals surface area contributed by atoms with Gasteiger partial charge in [0.15, 0.2) is 5.58 Å². The zero-order valence-corrected chi connectivity index (χ0v) is 35.5. The minimum atomic E-state index is 0.830. The SMILES string of the molecule is C=C/C=C\c1ccc2oc3c(-c4ccc(N(c5ccc(-c6cccc7c6oc6ccc8ccccc8c67)cc5)c5cccc6c5oc5ccc7ccccc7c56)cc4)cccc3c2c1C. The maximum Gasteiger partial charge on any atom is 0.159 e. The molecule has 0 saturated carbocycles. The van der Waals surface area contributed by atoms with Gasteiger partial charge >= 0.3 is 0 Å². The van der Waals surface area contributed by atoms with Crippen molar-refractivity contribution in [1.29, 1.82) is 0 Å². The fourth-order valence-electron chi connectivity index (χ4n) is 10.2. The summed E-state index contributed by atoms with van der Waals surface area (Å²) >= 11 is 0. The molecule has 0 aliphatic rings. The van der Waals surface area contributed by atoms with Crippen molar-refractivity contribution in [3.63, 3.8) is 0 Å². The number of hydrogen-bond acceptors (Lipinski definition) is 4. The quantitative estimate of drug-likeness (QED) is 0.150. The molecule has 13 aromatic rings. The third-order valence-corrected chi connectivity index (χ3v) is 13.2. The van der Waals surface area contributed by atoms with E-state index < -0.39 is 0 Å². The molecule has 0 bridgehead atoms. The van der Waals surface area contributed by atoms with Crippen molar-refractivity contribution < 1.29 is 13.3 Å².